The summed E-state index contributed by atoms with van der Waals surface area (Å²) in [5.74, 6) is 0.749. The number of carbonyl (C=O) groups is 1. The molecule has 2 nitrogen and oxygen atoms in total. The molecule has 0 amide bonds. The molecule has 0 heterocycles. The summed E-state index contributed by atoms with van der Waals surface area (Å²) in [6.45, 7) is 11.7. The fourth-order valence-corrected chi connectivity index (χ4v) is 17.9. The quantitative estimate of drug-likeness (QED) is 0.0366. The van der Waals surface area contributed by atoms with Crippen LogP contribution in [-0.2, 0) is 9.53 Å². The molecule has 0 fully saturated rings. The van der Waals surface area contributed by atoms with E-state index in [9.17, 15) is 4.79 Å². The molecular formula is C34H71Cl5O2SSn2. The molecule has 0 aliphatic carbocycles. The molecule has 0 atom stereocenters. The summed E-state index contributed by atoms with van der Waals surface area (Å²) in [6, 6.07) is 0. The molecule has 0 radical (unpaired) electrons. The van der Waals surface area contributed by atoms with Crippen LogP contribution < -0.4 is 0 Å². The maximum absolute atomic E-state index is 10.7. The van der Waals surface area contributed by atoms with Crippen molar-refractivity contribution in [2.24, 2.45) is 5.92 Å². The topological polar surface area (TPSA) is 26.3 Å². The fourth-order valence-electron chi connectivity index (χ4n) is 4.62. The molecule has 0 aromatic heterocycles. The molecule has 0 saturated heterocycles. The van der Waals surface area contributed by atoms with Gasteiger partial charge in [0.2, 0.25) is 0 Å². The Bertz CT molecular complexity index is 564. The van der Waals surface area contributed by atoms with Gasteiger partial charge in [-0.1, -0.05) is 33.1 Å². The van der Waals surface area contributed by atoms with Gasteiger partial charge in [-0.2, -0.15) is 12.6 Å². The van der Waals surface area contributed by atoms with Gasteiger partial charge in [0.15, 0.2) is 0 Å². The fraction of sp³-hybridized carbons (Fsp3) is 0.971. The number of carbonyl (C=O) groups excluding carboxylic acids is 1. The molecule has 0 aliphatic rings. The molecule has 0 aliphatic heterocycles. The SMILES string of the molecule is CC(C)CCCCCOC(=O)CS.CCCCCCC[CH2][Sn]([Cl])([Cl])[CH2]CCCCCCC.CCCCCCC[CH2][Sn]([Cl])([Cl])[Cl]. The van der Waals surface area contributed by atoms with Crippen molar-refractivity contribution in [1.29, 1.82) is 0 Å². The van der Waals surface area contributed by atoms with Crippen molar-refractivity contribution in [1.82, 2.24) is 0 Å². The van der Waals surface area contributed by atoms with Crippen molar-refractivity contribution in [2.45, 2.75) is 189 Å². The number of ether oxygens (including phenoxy) is 1. The Labute approximate surface area is 308 Å². The van der Waals surface area contributed by atoms with Crippen molar-refractivity contribution < 1.29 is 9.53 Å². The summed E-state index contributed by atoms with van der Waals surface area (Å²) in [6.07, 6.45) is 28.5. The van der Waals surface area contributed by atoms with E-state index in [0.29, 0.717) is 6.61 Å². The Morgan fingerprint density at radius 1 is 0.568 bits per heavy atom. The van der Waals surface area contributed by atoms with Crippen LogP contribution in [0.15, 0.2) is 0 Å². The summed E-state index contributed by atoms with van der Waals surface area (Å²) in [7, 11) is 30.6. The predicted octanol–water partition coefficient (Wildman–Crippen LogP) is 15.3. The molecule has 0 bridgehead atoms. The van der Waals surface area contributed by atoms with Gasteiger partial charge in [0.05, 0.1) is 12.4 Å². The third-order valence-corrected chi connectivity index (χ3v) is 25.4. The Morgan fingerprint density at radius 2 is 0.932 bits per heavy atom. The third kappa shape index (κ3) is 51.7. The van der Waals surface area contributed by atoms with Crippen molar-refractivity contribution >= 4 is 94.3 Å². The standard InChI is InChI=1S/C10H20O2S.3C8H17.5ClH.2Sn/c1-9(2)6-4-3-5-7-12-10(11)8-13;3*1-3-5-7-8-6-4-2;;;;;;;/h9,13H,3-8H2,1-2H3;3*1,3-8H2,2H3;5*1H;;/q;;;;;;;;;+2;+3/p-5. The summed E-state index contributed by atoms with van der Waals surface area (Å²) < 4.78 is 8.14. The monoisotopic (exact) mass is 958 g/mol. The van der Waals surface area contributed by atoms with Gasteiger partial charge in [0, 0.05) is 0 Å². The Balaban J connectivity index is -0.000000595. The Hall–Kier alpha value is 2.87. The minimum atomic E-state index is -2.96. The molecule has 44 heavy (non-hydrogen) atoms. The number of esters is 1. The van der Waals surface area contributed by atoms with E-state index in [-0.39, 0.29) is 11.7 Å². The molecular weight excluding hydrogens is 887 g/mol. The zero-order valence-corrected chi connectivity index (χ0v) is 39.7. The van der Waals surface area contributed by atoms with Gasteiger partial charge < -0.3 is 4.74 Å². The van der Waals surface area contributed by atoms with E-state index in [4.69, 9.17) is 49.3 Å². The van der Waals surface area contributed by atoms with Crippen LogP contribution in [0.25, 0.3) is 0 Å². The average Bonchev–Trinajstić information content (AvgIpc) is 2.96. The van der Waals surface area contributed by atoms with Gasteiger partial charge >= 0.3 is 231 Å². The molecule has 0 spiro atoms. The first-order chi connectivity index (χ1) is 20.8. The molecule has 0 rings (SSSR count). The van der Waals surface area contributed by atoms with Crippen LogP contribution >= 0.6 is 57.2 Å². The van der Waals surface area contributed by atoms with Gasteiger partial charge in [0.25, 0.3) is 0 Å². The summed E-state index contributed by atoms with van der Waals surface area (Å²) in [4.78, 5) is 10.7. The third-order valence-electron chi connectivity index (χ3n) is 7.42. The van der Waals surface area contributed by atoms with E-state index in [2.05, 4.69) is 47.2 Å². The molecule has 0 N–H and O–H groups in total. The van der Waals surface area contributed by atoms with E-state index in [1.54, 1.807) is 0 Å². The van der Waals surface area contributed by atoms with Crippen LogP contribution in [0.5, 0.6) is 0 Å². The van der Waals surface area contributed by atoms with Crippen molar-refractivity contribution in [2.75, 3.05) is 12.4 Å². The molecule has 268 valence electrons. The zero-order valence-electron chi connectivity index (χ0n) is 29.3. The van der Waals surface area contributed by atoms with E-state index in [1.807, 2.05) is 0 Å². The molecule has 0 aromatic carbocycles. The molecule has 10 heteroatoms. The average molecular weight is 959 g/mol. The predicted molar refractivity (Wildman–Crippen MR) is 213 cm³/mol. The Kier molecular flexibility index (Phi) is 45.0. The van der Waals surface area contributed by atoms with Gasteiger partial charge in [-0.3, -0.25) is 4.79 Å². The maximum atomic E-state index is 10.7. The number of rotatable bonds is 28. The van der Waals surface area contributed by atoms with Crippen molar-refractivity contribution in [3.05, 3.63) is 0 Å². The molecule has 0 unspecified atom stereocenters. The Morgan fingerprint density at radius 3 is 1.30 bits per heavy atom. The number of hydrogen-bond acceptors (Lipinski definition) is 3. The van der Waals surface area contributed by atoms with Crippen LogP contribution in [-0.4, -0.2) is 49.4 Å². The number of thiol groups is 1. The van der Waals surface area contributed by atoms with Gasteiger partial charge in [-0.25, -0.2) is 0 Å². The van der Waals surface area contributed by atoms with Crippen LogP contribution in [0.4, 0.5) is 0 Å². The van der Waals surface area contributed by atoms with Crippen LogP contribution in [0, 0.1) is 5.92 Å². The van der Waals surface area contributed by atoms with Gasteiger partial charge in [-0.15, -0.1) is 0 Å². The number of unbranched alkanes of at least 4 members (excludes halogenated alkanes) is 17. The normalized spacial score (nSPS) is 11.5. The van der Waals surface area contributed by atoms with Gasteiger partial charge in [0.1, 0.15) is 0 Å². The first-order valence-corrected chi connectivity index (χ1v) is 42.8. The van der Waals surface area contributed by atoms with Crippen LogP contribution in [0.3, 0.4) is 0 Å². The molecule has 0 aromatic rings. The summed E-state index contributed by atoms with van der Waals surface area (Å²) in [5, 5.41) is 0. The van der Waals surface area contributed by atoms with Crippen LogP contribution in [0.1, 0.15) is 176 Å². The second kappa shape index (κ2) is 38.7. The molecule has 0 saturated carbocycles. The second-order valence-corrected chi connectivity index (χ2v) is 53.5. The summed E-state index contributed by atoms with van der Waals surface area (Å²) in [5.41, 5.74) is 0. The first-order valence-electron chi connectivity index (χ1n) is 18.1. The first kappa shape index (κ1) is 51.2. The number of hydrogen-bond donors (Lipinski definition) is 1. The van der Waals surface area contributed by atoms with Crippen molar-refractivity contribution in [3.63, 3.8) is 0 Å². The zero-order chi connectivity index (χ0) is 34.0. The van der Waals surface area contributed by atoms with E-state index in [0.717, 1.165) is 29.6 Å². The van der Waals surface area contributed by atoms with E-state index >= 15 is 0 Å². The van der Waals surface area contributed by atoms with Crippen LogP contribution in [0.2, 0.25) is 13.3 Å². The van der Waals surface area contributed by atoms with Gasteiger partial charge in [-0.05, 0) is 12.3 Å². The van der Waals surface area contributed by atoms with Crippen molar-refractivity contribution in [3.8, 4) is 0 Å². The van der Waals surface area contributed by atoms with E-state index in [1.165, 1.54) is 131 Å². The second-order valence-electron chi connectivity index (χ2n) is 12.6. The minimum absolute atomic E-state index is 0.187. The number of halogens is 5. The van der Waals surface area contributed by atoms with E-state index < -0.39 is 31.1 Å². The summed E-state index contributed by atoms with van der Waals surface area (Å²) >= 11 is -1.78.